The minimum atomic E-state index is 0.107. The molecule has 19 heavy (non-hydrogen) atoms. The Kier molecular flexibility index (Phi) is 4.96. The molecule has 1 aliphatic rings. The van der Waals surface area contributed by atoms with E-state index in [1.165, 1.54) is 25.7 Å². The minimum absolute atomic E-state index is 0.107. The molecular formula is C14H24N4O. The summed E-state index contributed by atoms with van der Waals surface area (Å²) in [5.74, 6) is 3.41. The van der Waals surface area contributed by atoms with Crippen LogP contribution < -0.4 is 10.2 Å². The molecule has 0 amide bonds. The van der Waals surface area contributed by atoms with E-state index in [9.17, 15) is 0 Å². The predicted octanol–water partition coefficient (Wildman–Crippen LogP) is 1.82. The van der Waals surface area contributed by atoms with Gasteiger partial charge in [-0.25, -0.2) is 9.97 Å². The lowest BCUT2D eigenvalue weighted by molar-refractivity contribution is 0.299. The molecule has 2 rings (SSSR count). The van der Waals surface area contributed by atoms with Crippen molar-refractivity contribution in [2.75, 3.05) is 37.0 Å². The van der Waals surface area contributed by atoms with Crippen molar-refractivity contribution in [1.29, 1.82) is 0 Å². The van der Waals surface area contributed by atoms with Gasteiger partial charge in [0.15, 0.2) is 0 Å². The second-order valence-electron chi connectivity index (χ2n) is 5.32. The number of hydrogen-bond donors (Lipinski definition) is 2. The van der Waals surface area contributed by atoms with Crippen LogP contribution >= 0.6 is 0 Å². The van der Waals surface area contributed by atoms with Crippen molar-refractivity contribution in [2.24, 2.45) is 5.92 Å². The summed E-state index contributed by atoms with van der Waals surface area (Å²) >= 11 is 0. The van der Waals surface area contributed by atoms with E-state index in [1.54, 1.807) is 0 Å². The zero-order chi connectivity index (χ0) is 13.7. The van der Waals surface area contributed by atoms with Crippen LogP contribution in [-0.4, -0.2) is 41.8 Å². The fraction of sp³-hybridized carbons (Fsp3) is 0.714. The van der Waals surface area contributed by atoms with Gasteiger partial charge in [-0.1, -0.05) is 19.3 Å². The third kappa shape index (κ3) is 4.06. The first-order chi connectivity index (χ1) is 9.19. The van der Waals surface area contributed by atoms with Crippen molar-refractivity contribution < 1.29 is 5.11 Å². The maximum atomic E-state index is 8.84. The SMILES string of the molecule is Cc1nc(NCCO)cc(N(C)CCC2CCC2)n1. The molecule has 0 bridgehead atoms. The van der Waals surface area contributed by atoms with E-state index in [0.717, 1.165) is 29.9 Å². The highest BCUT2D eigenvalue weighted by Crippen LogP contribution is 2.29. The van der Waals surface area contributed by atoms with Crippen LogP contribution in [0.2, 0.25) is 0 Å². The number of aromatic nitrogens is 2. The molecule has 1 heterocycles. The van der Waals surface area contributed by atoms with Gasteiger partial charge in [-0.05, 0) is 19.3 Å². The maximum absolute atomic E-state index is 8.84. The van der Waals surface area contributed by atoms with Gasteiger partial charge in [0.05, 0.1) is 6.61 Å². The molecule has 5 nitrogen and oxygen atoms in total. The van der Waals surface area contributed by atoms with Gasteiger partial charge in [0.1, 0.15) is 17.5 Å². The summed E-state index contributed by atoms with van der Waals surface area (Å²) in [6.07, 6.45) is 5.43. The molecule has 1 fully saturated rings. The van der Waals surface area contributed by atoms with Crippen LogP contribution in [0, 0.1) is 12.8 Å². The Morgan fingerprint density at radius 2 is 2.21 bits per heavy atom. The first-order valence-electron chi connectivity index (χ1n) is 7.10. The summed E-state index contributed by atoms with van der Waals surface area (Å²) < 4.78 is 0. The minimum Gasteiger partial charge on any atom is -0.395 e. The van der Waals surface area contributed by atoms with Crippen LogP contribution in [0.3, 0.4) is 0 Å². The topological polar surface area (TPSA) is 61.3 Å². The van der Waals surface area contributed by atoms with Gasteiger partial charge in [-0.3, -0.25) is 0 Å². The number of rotatable bonds is 7. The molecular weight excluding hydrogens is 240 g/mol. The molecule has 1 aromatic heterocycles. The number of aryl methyl sites for hydroxylation is 1. The monoisotopic (exact) mass is 264 g/mol. The van der Waals surface area contributed by atoms with E-state index < -0.39 is 0 Å². The second kappa shape index (κ2) is 6.70. The summed E-state index contributed by atoms with van der Waals surface area (Å²) in [5, 5.41) is 11.9. The molecule has 2 N–H and O–H groups in total. The van der Waals surface area contributed by atoms with Gasteiger partial charge in [-0.2, -0.15) is 0 Å². The van der Waals surface area contributed by atoms with Crippen LogP contribution in [0.5, 0.6) is 0 Å². The van der Waals surface area contributed by atoms with Crippen LogP contribution in [0.1, 0.15) is 31.5 Å². The summed E-state index contributed by atoms with van der Waals surface area (Å²) in [5.41, 5.74) is 0. The fourth-order valence-electron chi connectivity index (χ4n) is 2.29. The highest BCUT2D eigenvalue weighted by atomic mass is 16.3. The van der Waals surface area contributed by atoms with Crippen LogP contribution in [0.25, 0.3) is 0 Å². The van der Waals surface area contributed by atoms with E-state index in [2.05, 4.69) is 27.2 Å². The number of nitrogens with zero attached hydrogens (tertiary/aromatic N) is 3. The zero-order valence-corrected chi connectivity index (χ0v) is 11.9. The van der Waals surface area contributed by atoms with Gasteiger partial charge in [0.2, 0.25) is 0 Å². The Balaban J connectivity index is 1.94. The average Bonchev–Trinajstić information content (AvgIpc) is 2.33. The van der Waals surface area contributed by atoms with E-state index in [1.807, 2.05) is 13.0 Å². The summed E-state index contributed by atoms with van der Waals surface area (Å²) in [4.78, 5) is 11.0. The van der Waals surface area contributed by atoms with E-state index in [4.69, 9.17) is 5.11 Å². The molecule has 1 aliphatic carbocycles. The lowest BCUT2D eigenvalue weighted by atomic mass is 9.83. The van der Waals surface area contributed by atoms with Crippen LogP contribution in [0.4, 0.5) is 11.6 Å². The van der Waals surface area contributed by atoms with Gasteiger partial charge in [0.25, 0.3) is 0 Å². The fourth-order valence-corrected chi connectivity index (χ4v) is 2.29. The molecule has 0 saturated heterocycles. The molecule has 0 aromatic carbocycles. The molecule has 0 aliphatic heterocycles. The Morgan fingerprint density at radius 1 is 1.42 bits per heavy atom. The molecule has 1 saturated carbocycles. The number of aliphatic hydroxyl groups excluding tert-OH is 1. The highest BCUT2D eigenvalue weighted by Gasteiger charge is 2.18. The molecule has 1 aromatic rings. The molecule has 0 radical (unpaired) electrons. The molecule has 5 heteroatoms. The first-order valence-corrected chi connectivity index (χ1v) is 7.10. The number of hydrogen-bond acceptors (Lipinski definition) is 5. The third-order valence-electron chi connectivity index (χ3n) is 3.73. The van der Waals surface area contributed by atoms with Crippen molar-refractivity contribution in [3.05, 3.63) is 11.9 Å². The Bertz CT molecular complexity index is 406. The average molecular weight is 264 g/mol. The Labute approximate surface area is 115 Å². The second-order valence-corrected chi connectivity index (χ2v) is 5.32. The predicted molar refractivity (Wildman–Crippen MR) is 77.6 cm³/mol. The third-order valence-corrected chi connectivity index (χ3v) is 3.73. The lowest BCUT2D eigenvalue weighted by Gasteiger charge is -2.28. The standard InChI is InChI=1S/C14H24N4O/c1-11-16-13(15-7-9-19)10-14(17-11)18(2)8-6-12-4-3-5-12/h10,12,19H,3-9H2,1-2H3,(H,15,16,17). The van der Waals surface area contributed by atoms with E-state index in [0.29, 0.717) is 6.54 Å². The number of nitrogens with one attached hydrogen (secondary N) is 1. The summed E-state index contributed by atoms with van der Waals surface area (Å²) in [6, 6.07) is 1.95. The van der Waals surface area contributed by atoms with Crippen molar-refractivity contribution in [1.82, 2.24) is 9.97 Å². The van der Waals surface area contributed by atoms with Crippen molar-refractivity contribution in [2.45, 2.75) is 32.6 Å². The van der Waals surface area contributed by atoms with Gasteiger partial charge in [0, 0.05) is 26.2 Å². The van der Waals surface area contributed by atoms with Crippen molar-refractivity contribution >= 4 is 11.6 Å². The largest absolute Gasteiger partial charge is 0.395 e. The first kappa shape index (κ1) is 14.1. The van der Waals surface area contributed by atoms with Gasteiger partial charge in [-0.15, -0.1) is 0 Å². The van der Waals surface area contributed by atoms with E-state index in [-0.39, 0.29) is 6.61 Å². The molecule has 106 valence electrons. The lowest BCUT2D eigenvalue weighted by Crippen LogP contribution is -2.24. The van der Waals surface area contributed by atoms with Gasteiger partial charge >= 0.3 is 0 Å². The highest BCUT2D eigenvalue weighted by molar-refractivity contribution is 5.48. The quantitative estimate of drug-likeness (QED) is 0.786. The molecule has 0 spiro atoms. The number of aliphatic hydroxyl groups is 1. The smallest absolute Gasteiger partial charge is 0.134 e. The Hall–Kier alpha value is -1.36. The van der Waals surface area contributed by atoms with E-state index >= 15 is 0 Å². The maximum Gasteiger partial charge on any atom is 0.134 e. The van der Waals surface area contributed by atoms with Crippen LogP contribution in [0.15, 0.2) is 6.07 Å². The molecule has 0 unspecified atom stereocenters. The summed E-state index contributed by atoms with van der Waals surface area (Å²) in [6.45, 7) is 3.56. The Morgan fingerprint density at radius 3 is 2.84 bits per heavy atom. The zero-order valence-electron chi connectivity index (χ0n) is 11.9. The van der Waals surface area contributed by atoms with Crippen molar-refractivity contribution in [3.8, 4) is 0 Å². The van der Waals surface area contributed by atoms with Crippen molar-refractivity contribution in [3.63, 3.8) is 0 Å². The van der Waals surface area contributed by atoms with Gasteiger partial charge < -0.3 is 15.3 Å². The van der Waals surface area contributed by atoms with Crippen LogP contribution in [-0.2, 0) is 0 Å². The number of anilines is 2. The normalized spacial score (nSPS) is 15.1. The summed E-state index contributed by atoms with van der Waals surface area (Å²) in [7, 11) is 2.08. The molecule has 0 atom stereocenters.